The molecule has 14 heavy (non-hydrogen) atoms. The number of hydrogen-bond donors (Lipinski definition) is 1. The normalized spacial score (nSPS) is 11.1. The predicted octanol–water partition coefficient (Wildman–Crippen LogP) is 4.27. The monoisotopic (exact) mass is 236 g/mol. The Kier molecular flexibility index (Phi) is 3.28. The Morgan fingerprint density at radius 2 is 1.71 bits per heavy atom. The third-order valence-electron chi connectivity index (χ3n) is 2.16. The summed E-state index contributed by atoms with van der Waals surface area (Å²) in [5.41, 5.74) is 1.14. The molecule has 0 saturated carbocycles. The van der Waals surface area contributed by atoms with Gasteiger partial charge in [0.1, 0.15) is 10.8 Å². The van der Waals surface area contributed by atoms with E-state index in [9.17, 15) is 9.50 Å². The van der Waals surface area contributed by atoms with Crippen LogP contribution in [0.15, 0.2) is 0 Å². The molecule has 0 spiro atoms. The number of phenols is 1. The molecule has 1 aromatic rings. The molecule has 0 aliphatic rings. The first-order chi connectivity index (χ1) is 6.37. The Morgan fingerprint density at radius 3 is 2.14 bits per heavy atom. The van der Waals surface area contributed by atoms with Crippen LogP contribution in [0.3, 0.4) is 0 Å². The summed E-state index contributed by atoms with van der Waals surface area (Å²) in [6.07, 6.45) is 0. The fourth-order valence-electron chi connectivity index (χ4n) is 1.49. The first-order valence-corrected chi connectivity index (χ1v) is 4.99. The zero-order chi connectivity index (χ0) is 11.0. The van der Waals surface area contributed by atoms with E-state index in [-0.39, 0.29) is 21.7 Å². The molecular formula is C10H11Cl2FO. The average Bonchev–Trinajstić information content (AvgIpc) is 2.11. The molecule has 0 fully saturated rings. The molecule has 0 radical (unpaired) electrons. The summed E-state index contributed by atoms with van der Waals surface area (Å²) >= 11 is 11.3. The fourth-order valence-corrected chi connectivity index (χ4v) is 1.93. The summed E-state index contributed by atoms with van der Waals surface area (Å²) in [5, 5.41) is 9.30. The molecule has 0 saturated heterocycles. The summed E-state index contributed by atoms with van der Waals surface area (Å²) in [6.45, 7) is 5.43. The SMILES string of the molecule is Cc1c(Cl)c(F)c(Cl)c(O)c1C(C)C. The summed E-state index contributed by atoms with van der Waals surface area (Å²) in [5.74, 6) is -0.917. The van der Waals surface area contributed by atoms with Crippen LogP contribution in [0.2, 0.25) is 10.0 Å². The van der Waals surface area contributed by atoms with Gasteiger partial charge >= 0.3 is 0 Å². The van der Waals surface area contributed by atoms with Gasteiger partial charge in [-0.05, 0) is 18.4 Å². The Labute approximate surface area is 92.5 Å². The van der Waals surface area contributed by atoms with Crippen molar-refractivity contribution >= 4 is 23.2 Å². The summed E-state index contributed by atoms with van der Waals surface area (Å²) < 4.78 is 13.3. The van der Waals surface area contributed by atoms with Gasteiger partial charge in [0.05, 0.1) is 5.02 Å². The van der Waals surface area contributed by atoms with E-state index in [1.165, 1.54) is 0 Å². The molecule has 1 rings (SSSR count). The number of benzene rings is 1. The van der Waals surface area contributed by atoms with Gasteiger partial charge in [-0.15, -0.1) is 0 Å². The van der Waals surface area contributed by atoms with Gasteiger partial charge in [0.2, 0.25) is 0 Å². The lowest BCUT2D eigenvalue weighted by atomic mass is 9.96. The lowest BCUT2D eigenvalue weighted by Gasteiger charge is -2.15. The molecule has 1 N–H and O–H groups in total. The number of phenolic OH excluding ortho intramolecular Hbond substituents is 1. The van der Waals surface area contributed by atoms with Gasteiger partial charge in [0.15, 0.2) is 5.82 Å². The van der Waals surface area contributed by atoms with Crippen LogP contribution in [0.4, 0.5) is 4.39 Å². The molecule has 0 atom stereocenters. The second kappa shape index (κ2) is 3.95. The smallest absolute Gasteiger partial charge is 0.164 e. The number of aromatic hydroxyl groups is 1. The van der Waals surface area contributed by atoms with Crippen LogP contribution in [-0.2, 0) is 0 Å². The molecule has 0 heterocycles. The quantitative estimate of drug-likeness (QED) is 0.723. The van der Waals surface area contributed by atoms with Crippen LogP contribution in [0.1, 0.15) is 30.9 Å². The maximum Gasteiger partial charge on any atom is 0.164 e. The molecule has 0 aromatic heterocycles. The summed E-state index contributed by atoms with van der Waals surface area (Å²) in [4.78, 5) is 0. The lowest BCUT2D eigenvalue weighted by Crippen LogP contribution is -1.97. The molecular weight excluding hydrogens is 226 g/mol. The fraction of sp³-hybridized carbons (Fsp3) is 0.400. The first kappa shape index (κ1) is 11.6. The number of hydrogen-bond acceptors (Lipinski definition) is 1. The first-order valence-electron chi connectivity index (χ1n) is 4.23. The van der Waals surface area contributed by atoms with Crippen molar-refractivity contribution in [1.29, 1.82) is 0 Å². The minimum absolute atomic E-state index is 0.0171. The molecule has 0 bridgehead atoms. The van der Waals surface area contributed by atoms with E-state index in [2.05, 4.69) is 0 Å². The van der Waals surface area contributed by atoms with Gasteiger partial charge in [-0.2, -0.15) is 0 Å². The Morgan fingerprint density at radius 1 is 1.21 bits per heavy atom. The van der Waals surface area contributed by atoms with Crippen LogP contribution in [0.5, 0.6) is 5.75 Å². The zero-order valence-electron chi connectivity index (χ0n) is 8.16. The van der Waals surface area contributed by atoms with Gasteiger partial charge in [-0.25, -0.2) is 4.39 Å². The second-order valence-corrected chi connectivity index (χ2v) is 4.24. The predicted molar refractivity (Wildman–Crippen MR) is 56.9 cm³/mol. The summed E-state index contributed by atoms with van der Waals surface area (Å²) in [7, 11) is 0. The molecule has 0 aliphatic heterocycles. The third-order valence-corrected chi connectivity index (χ3v) is 2.95. The van der Waals surface area contributed by atoms with Gasteiger partial charge < -0.3 is 5.11 Å². The third kappa shape index (κ3) is 1.69. The van der Waals surface area contributed by atoms with Crippen molar-refractivity contribution in [2.45, 2.75) is 26.7 Å². The van der Waals surface area contributed by atoms with E-state index in [1.54, 1.807) is 6.92 Å². The zero-order valence-corrected chi connectivity index (χ0v) is 9.67. The van der Waals surface area contributed by atoms with Gasteiger partial charge in [-0.1, -0.05) is 37.0 Å². The van der Waals surface area contributed by atoms with Crippen molar-refractivity contribution in [2.24, 2.45) is 0 Å². The molecule has 0 unspecified atom stereocenters. The topological polar surface area (TPSA) is 20.2 Å². The lowest BCUT2D eigenvalue weighted by molar-refractivity contribution is 0.458. The van der Waals surface area contributed by atoms with E-state index in [0.29, 0.717) is 11.1 Å². The van der Waals surface area contributed by atoms with E-state index in [0.717, 1.165) is 0 Å². The van der Waals surface area contributed by atoms with Crippen LogP contribution in [0, 0.1) is 12.7 Å². The molecule has 4 heteroatoms. The molecule has 1 nitrogen and oxygen atoms in total. The minimum atomic E-state index is -0.757. The van der Waals surface area contributed by atoms with E-state index in [1.807, 2.05) is 13.8 Å². The van der Waals surface area contributed by atoms with Gasteiger partial charge in [-0.3, -0.25) is 0 Å². The number of halogens is 3. The second-order valence-electron chi connectivity index (χ2n) is 3.48. The van der Waals surface area contributed by atoms with Crippen LogP contribution >= 0.6 is 23.2 Å². The van der Waals surface area contributed by atoms with Crippen molar-refractivity contribution < 1.29 is 9.50 Å². The van der Waals surface area contributed by atoms with Crippen molar-refractivity contribution in [3.8, 4) is 5.75 Å². The van der Waals surface area contributed by atoms with Crippen LogP contribution in [0.25, 0.3) is 0 Å². The molecule has 0 amide bonds. The van der Waals surface area contributed by atoms with E-state index in [4.69, 9.17) is 23.2 Å². The van der Waals surface area contributed by atoms with Crippen molar-refractivity contribution in [1.82, 2.24) is 0 Å². The standard InChI is InChI=1S/C10H11Cl2FO/c1-4(2)6-5(3)7(11)9(13)8(12)10(6)14/h4,14H,1-3H3. The van der Waals surface area contributed by atoms with Crippen molar-refractivity contribution in [3.63, 3.8) is 0 Å². The van der Waals surface area contributed by atoms with Crippen molar-refractivity contribution in [2.75, 3.05) is 0 Å². The highest BCUT2D eigenvalue weighted by Crippen LogP contribution is 2.41. The largest absolute Gasteiger partial charge is 0.506 e. The van der Waals surface area contributed by atoms with E-state index < -0.39 is 5.82 Å². The van der Waals surface area contributed by atoms with Gasteiger partial charge in [0, 0.05) is 5.56 Å². The van der Waals surface area contributed by atoms with E-state index >= 15 is 0 Å². The summed E-state index contributed by atoms with van der Waals surface area (Å²) in [6, 6.07) is 0. The molecule has 0 aliphatic carbocycles. The maximum atomic E-state index is 13.3. The Hall–Kier alpha value is -0.470. The van der Waals surface area contributed by atoms with Crippen LogP contribution in [-0.4, -0.2) is 5.11 Å². The molecule has 78 valence electrons. The highest BCUT2D eigenvalue weighted by atomic mass is 35.5. The highest BCUT2D eigenvalue weighted by molar-refractivity contribution is 6.36. The average molecular weight is 237 g/mol. The Bertz CT molecular complexity index is 346. The number of rotatable bonds is 1. The van der Waals surface area contributed by atoms with Crippen molar-refractivity contribution in [3.05, 3.63) is 27.0 Å². The molecule has 1 aromatic carbocycles. The minimum Gasteiger partial charge on any atom is -0.506 e. The van der Waals surface area contributed by atoms with Crippen LogP contribution < -0.4 is 0 Å². The Balaban J connectivity index is 3.60. The highest BCUT2D eigenvalue weighted by Gasteiger charge is 2.21. The maximum absolute atomic E-state index is 13.3. The van der Waals surface area contributed by atoms with Gasteiger partial charge in [0.25, 0.3) is 0 Å².